The van der Waals surface area contributed by atoms with Crippen LogP contribution in [0.3, 0.4) is 0 Å². The number of halogens is 2. The van der Waals surface area contributed by atoms with Crippen molar-refractivity contribution in [1.29, 1.82) is 0 Å². The van der Waals surface area contributed by atoms with E-state index in [9.17, 15) is 28.8 Å². The Morgan fingerprint density at radius 3 is 1.20 bits per heavy atom. The van der Waals surface area contributed by atoms with Crippen molar-refractivity contribution < 1.29 is 47.7 Å². The zero-order valence-corrected chi connectivity index (χ0v) is 23.1. The minimum atomic E-state index is -0.955. The topological polar surface area (TPSA) is 139 Å². The highest BCUT2D eigenvalue weighted by Gasteiger charge is 2.21. The molecule has 0 N–H and O–H groups in total. The number of benzene rings is 2. The Bertz CT molecular complexity index is 1290. The molecular formula is C28H24Cl2O10. The molecule has 0 atom stereocenters. The average molecular weight is 591 g/mol. The molecule has 0 heterocycles. The fraction of sp³-hybridized carbons (Fsp3) is 0.214. The van der Waals surface area contributed by atoms with Gasteiger partial charge in [-0.25, -0.2) is 19.2 Å². The highest BCUT2D eigenvalue weighted by atomic mass is 35.5. The van der Waals surface area contributed by atoms with Crippen molar-refractivity contribution in [2.75, 3.05) is 26.4 Å². The molecule has 12 heteroatoms. The molecule has 0 saturated heterocycles. The van der Waals surface area contributed by atoms with Gasteiger partial charge in [0.15, 0.2) is 0 Å². The van der Waals surface area contributed by atoms with Crippen molar-refractivity contribution in [3.63, 3.8) is 0 Å². The van der Waals surface area contributed by atoms with Crippen LogP contribution in [0, 0.1) is 0 Å². The van der Waals surface area contributed by atoms with E-state index in [1.807, 2.05) is 0 Å². The first-order chi connectivity index (χ1) is 18.8. The van der Waals surface area contributed by atoms with Crippen LogP contribution in [0.4, 0.5) is 0 Å². The first-order valence-electron chi connectivity index (χ1n) is 11.5. The first kappa shape index (κ1) is 31.9. The molecule has 2 aromatic carbocycles. The summed E-state index contributed by atoms with van der Waals surface area (Å²) in [6, 6.07) is 8.13. The van der Waals surface area contributed by atoms with Crippen molar-refractivity contribution in [1.82, 2.24) is 0 Å². The Kier molecular flexibility index (Phi) is 11.8. The van der Waals surface area contributed by atoms with E-state index >= 15 is 0 Å². The molecular weight excluding hydrogens is 567 g/mol. The molecule has 0 fully saturated rings. The number of carbonyl (C=O) groups excluding carboxylic acids is 6. The van der Waals surface area contributed by atoms with Crippen molar-refractivity contribution in [2.45, 2.75) is 13.8 Å². The van der Waals surface area contributed by atoms with E-state index in [1.165, 1.54) is 50.2 Å². The summed E-state index contributed by atoms with van der Waals surface area (Å²) in [4.78, 5) is 72.0. The summed E-state index contributed by atoms with van der Waals surface area (Å²) in [7, 11) is 0. The largest absolute Gasteiger partial charge is 0.459 e. The molecule has 0 saturated carbocycles. The molecule has 0 aliphatic carbocycles. The summed E-state index contributed by atoms with van der Waals surface area (Å²) in [6.07, 6.45) is 0. The quantitative estimate of drug-likeness (QED) is 0.106. The Hall–Kier alpha value is -4.28. The molecule has 40 heavy (non-hydrogen) atoms. The zero-order chi connectivity index (χ0) is 30.0. The maximum atomic E-state index is 12.5. The standard InChI is InChI=1S/C28H24Cl2O10/c1-15(2)25(33)37-9-11-39-27(35)19-7-5-17(13-21(19)23(29)31)18-6-8-20(22(14-18)24(30)32)28(36)40-12-10-38-26(34)16(3)4/h5-8,13-14H,1,3,9-12H2,2,4H3. The van der Waals surface area contributed by atoms with Crippen LogP contribution in [0.2, 0.25) is 0 Å². The van der Waals surface area contributed by atoms with Crippen LogP contribution in [0.15, 0.2) is 60.7 Å². The van der Waals surface area contributed by atoms with E-state index in [1.54, 1.807) is 0 Å². The number of esters is 4. The second kappa shape index (κ2) is 14.8. The maximum absolute atomic E-state index is 12.5. The van der Waals surface area contributed by atoms with Crippen LogP contribution in [0.1, 0.15) is 55.3 Å². The number of hydrogen-bond donors (Lipinski definition) is 0. The lowest BCUT2D eigenvalue weighted by atomic mass is 9.96. The van der Waals surface area contributed by atoms with Crippen LogP contribution in [0.5, 0.6) is 0 Å². The maximum Gasteiger partial charge on any atom is 0.339 e. The van der Waals surface area contributed by atoms with Gasteiger partial charge < -0.3 is 18.9 Å². The molecule has 0 radical (unpaired) electrons. The summed E-state index contributed by atoms with van der Waals surface area (Å²) in [5.74, 6) is -3.05. The minimum Gasteiger partial charge on any atom is -0.459 e. The van der Waals surface area contributed by atoms with Gasteiger partial charge in [0.1, 0.15) is 26.4 Å². The number of carbonyl (C=O) groups is 6. The monoisotopic (exact) mass is 590 g/mol. The lowest BCUT2D eigenvalue weighted by molar-refractivity contribution is -0.140. The molecule has 0 aliphatic rings. The van der Waals surface area contributed by atoms with Gasteiger partial charge in [-0.1, -0.05) is 25.3 Å². The number of hydrogen-bond acceptors (Lipinski definition) is 10. The fourth-order valence-corrected chi connectivity index (χ4v) is 3.38. The van der Waals surface area contributed by atoms with Gasteiger partial charge >= 0.3 is 23.9 Å². The van der Waals surface area contributed by atoms with Crippen LogP contribution in [0.25, 0.3) is 11.1 Å². The summed E-state index contributed by atoms with van der Waals surface area (Å²) >= 11 is 11.4. The van der Waals surface area contributed by atoms with E-state index < -0.39 is 34.4 Å². The minimum absolute atomic E-state index is 0.142. The lowest BCUT2D eigenvalue weighted by Gasteiger charge is -2.12. The molecule has 10 nitrogen and oxygen atoms in total. The predicted octanol–water partition coefficient (Wildman–Crippen LogP) is 4.66. The van der Waals surface area contributed by atoms with Crippen molar-refractivity contribution >= 4 is 57.6 Å². The molecule has 2 rings (SSSR count). The normalized spacial score (nSPS) is 10.2. The third-order valence-electron chi connectivity index (χ3n) is 5.03. The van der Waals surface area contributed by atoms with E-state index in [2.05, 4.69) is 13.2 Å². The predicted molar refractivity (Wildman–Crippen MR) is 144 cm³/mol. The summed E-state index contributed by atoms with van der Waals surface area (Å²) in [5.41, 5.74) is 0.435. The van der Waals surface area contributed by atoms with Gasteiger partial charge in [0, 0.05) is 22.3 Å². The highest BCUT2D eigenvalue weighted by molar-refractivity contribution is 6.68. The van der Waals surface area contributed by atoms with Gasteiger partial charge in [-0.3, -0.25) is 9.59 Å². The van der Waals surface area contributed by atoms with Gasteiger partial charge in [0.25, 0.3) is 10.5 Å². The molecule has 0 aromatic heterocycles. The molecule has 0 amide bonds. The van der Waals surface area contributed by atoms with Gasteiger partial charge in [-0.2, -0.15) is 0 Å². The third-order valence-corrected chi connectivity index (χ3v) is 5.44. The molecule has 0 aliphatic heterocycles. The second-order valence-electron chi connectivity index (χ2n) is 8.17. The summed E-state index contributed by atoms with van der Waals surface area (Å²) in [6.45, 7) is 8.81. The van der Waals surface area contributed by atoms with Gasteiger partial charge in [-0.05, 0) is 72.4 Å². The zero-order valence-electron chi connectivity index (χ0n) is 21.5. The molecule has 0 unspecified atom stereocenters. The summed E-state index contributed by atoms with van der Waals surface area (Å²) < 4.78 is 19.8. The van der Waals surface area contributed by atoms with E-state index in [4.69, 9.17) is 42.1 Å². The highest BCUT2D eigenvalue weighted by Crippen LogP contribution is 2.27. The molecule has 0 bridgehead atoms. The lowest BCUT2D eigenvalue weighted by Crippen LogP contribution is -2.16. The summed E-state index contributed by atoms with van der Waals surface area (Å²) in [5, 5.41) is -1.91. The second-order valence-corrected chi connectivity index (χ2v) is 8.86. The van der Waals surface area contributed by atoms with Crippen LogP contribution in [-0.4, -0.2) is 60.8 Å². The van der Waals surface area contributed by atoms with Crippen LogP contribution in [-0.2, 0) is 28.5 Å². The van der Waals surface area contributed by atoms with Crippen molar-refractivity contribution in [3.8, 4) is 11.1 Å². The van der Waals surface area contributed by atoms with E-state index in [0.29, 0.717) is 11.1 Å². The smallest absolute Gasteiger partial charge is 0.339 e. The Morgan fingerprint density at radius 2 is 0.900 bits per heavy atom. The van der Waals surface area contributed by atoms with Crippen LogP contribution >= 0.6 is 23.2 Å². The van der Waals surface area contributed by atoms with Crippen LogP contribution < -0.4 is 0 Å². The average Bonchev–Trinajstić information content (AvgIpc) is 2.91. The van der Waals surface area contributed by atoms with Crippen molar-refractivity contribution in [2.24, 2.45) is 0 Å². The Balaban J connectivity index is 2.21. The van der Waals surface area contributed by atoms with Gasteiger partial charge in [0.05, 0.1) is 11.1 Å². The Morgan fingerprint density at radius 1 is 0.575 bits per heavy atom. The third kappa shape index (κ3) is 8.89. The van der Waals surface area contributed by atoms with Gasteiger partial charge in [-0.15, -0.1) is 0 Å². The number of ether oxygens (including phenoxy) is 4. The molecule has 210 valence electrons. The molecule has 2 aromatic rings. The van der Waals surface area contributed by atoms with E-state index in [0.717, 1.165) is 0 Å². The van der Waals surface area contributed by atoms with Gasteiger partial charge in [0.2, 0.25) is 0 Å². The molecule has 0 spiro atoms. The number of rotatable bonds is 13. The Labute approximate surface area is 239 Å². The van der Waals surface area contributed by atoms with Crippen molar-refractivity contribution in [3.05, 3.63) is 83.0 Å². The SMILES string of the molecule is C=C(C)C(=O)OCCOC(=O)c1ccc(-c2ccc(C(=O)OCCOC(=O)C(=C)C)c(C(=O)Cl)c2)cc1C(=O)Cl. The first-order valence-corrected chi connectivity index (χ1v) is 12.3. The fourth-order valence-electron chi connectivity index (χ4n) is 3.07. The van der Waals surface area contributed by atoms with E-state index in [-0.39, 0.29) is 59.8 Å².